The number of benzene rings is 2. The van der Waals surface area contributed by atoms with Crippen molar-refractivity contribution in [1.82, 2.24) is 5.43 Å². The van der Waals surface area contributed by atoms with Gasteiger partial charge in [0.15, 0.2) is 6.61 Å². The molecule has 0 aliphatic carbocycles. The van der Waals surface area contributed by atoms with E-state index in [0.29, 0.717) is 5.75 Å². The number of nitrogens with zero attached hydrogens (tertiary/aromatic N) is 1. The number of halogens is 1. The van der Waals surface area contributed by atoms with Gasteiger partial charge in [-0.05, 0) is 83.1 Å². The first-order chi connectivity index (χ1) is 12.2. The summed E-state index contributed by atoms with van der Waals surface area (Å²) in [5.74, 6) is 1.17. The third-order valence-electron chi connectivity index (χ3n) is 3.23. The quantitative estimate of drug-likeness (QED) is 0.271. The van der Waals surface area contributed by atoms with E-state index in [1.807, 2.05) is 48.5 Å². The fourth-order valence-electron chi connectivity index (χ4n) is 1.88. The molecule has 2 rings (SSSR count). The number of carbonyl (C=O) groups is 1. The van der Waals surface area contributed by atoms with Crippen LogP contribution in [0.5, 0.6) is 11.5 Å². The van der Waals surface area contributed by atoms with Crippen LogP contribution in [0.2, 0.25) is 0 Å². The zero-order valence-corrected chi connectivity index (χ0v) is 16.2. The van der Waals surface area contributed by atoms with Crippen LogP contribution in [0, 0.1) is 3.57 Å². The number of hydrogen-bond donors (Lipinski definition) is 1. The van der Waals surface area contributed by atoms with Crippen LogP contribution in [-0.4, -0.2) is 25.3 Å². The van der Waals surface area contributed by atoms with Crippen molar-refractivity contribution in [3.63, 3.8) is 0 Å². The molecule has 5 nitrogen and oxygen atoms in total. The lowest BCUT2D eigenvalue weighted by Gasteiger charge is -2.05. The topological polar surface area (TPSA) is 59.9 Å². The molecule has 0 aliphatic heterocycles. The molecule has 2 aromatic rings. The van der Waals surface area contributed by atoms with Crippen molar-refractivity contribution in [2.24, 2.45) is 5.10 Å². The van der Waals surface area contributed by atoms with E-state index in [9.17, 15) is 4.79 Å². The molecule has 0 saturated heterocycles. The number of carbonyl (C=O) groups excluding carboxylic acids is 1. The second kappa shape index (κ2) is 10.7. The SMILES string of the molecule is CCCCOc1ccc(C=NNC(=O)COc2ccc(I)cc2)cc1. The van der Waals surface area contributed by atoms with Crippen molar-refractivity contribution in [3.05, 3.63) is 57.7 Å². The van der Waals surface area contributed by atoms with E-state index in [1.54, 1.807) is 6.21 Å². The molecule has 132 valence electrons. The van der Waals surface area contributed by atoms with Crippen molar-refractivity contribution in [3.8, 4) is 11.5 Å². The standard InChI is InChI=1S/C19H21IN2O3/c1-2-3-12-24-17-8-4-15(5-9-17)13-21-22-19(23)14-25-18-10-6-16(20)7-11-18/h4-11,13H,2-3,12,14H2,1H3,(H,22,23). The summed E-state index contributed by atoms with van der Waals surface area (Å²) >= 11 is 2.21. The van der Waals surface area contributed by atoms with Gasteiger partial charge in [-0.25, -0.2) is 5.43 Å². The van der Waals surface area contributed by atoms with Gasteiger partial charge in [0.05, 0.1) is 12.8 Å². The summed E-state index contributed by atoms with van der Waals surface area (Å²) in [6, 6.07) is 15.0. The van der Waals surface area contributed by atoms with Gasteiger partial charge in [-0.2, -0.15) is 5.10 Å². The Bertz CT molecular complexity index is 685. The Labute approximate surface area is 161 Å². The Morgan fingerprint density at radius 1 is 1.08 bits per heavy atom. The largest absolute Gasteiger partial charge is 0.494 e. The summed E-state index contributed by atoms with van der Waals surface area (Å²) in [6.45, 7) is 2.77. The monoisotopic (exact) mass is 452 g/mol. The van der Waals surface area contributed by atoms with E-state index >= 15 is 0 Å². The second-order valence-electron chi connectivity index (χ2n) is 5.31. The summed E-state index contributed by atoms with van der Waals surface area (Å²) in [6.07, 6.45) is 3.73. The summed E-state index contributed by atoms with van der Waals surface area (Å²) in [5.41, 5.74) is 3.32. The smallest absolute Gasteiger partial charge is 0.277 e. The van der Waals surface area contributed by atoms with Crippen LogP contribution in [0.25, 0.3) is 0 Å². The average Bonchev–Trinajstić information content (AvgIpc) is 2.63. The van der Waals surface area contributed by atoms with Crippen LogP contribution in [-0.2, 0) is 4.79 Å². The van der Waals surface area contributed by atoms with Gasteiger partial charge >= 0.3 is 0 Å². The number of unbranched alkanes of at least 4 members (excludes halogenated alkanes) is 1. The average molecular weight is 452 g/mol. The second-order valence-corrected chi connectivity index (χ2v) is 6.55. The van der Waals surface area contributed by atoms with Crippen LogP contribution in [0.1, 0.15) is 25.3 Å². The number of rotatable bonds is 9. The Morgan fingerprint density at radius 3 is 2.40 bits per heavy atom. The van der Waals surface area contributed by atoms with Crippen molar-refractivity contribution < 1.29 is 14.3 Å². The van der Waals surface area contributed by atoms with Gasteiger partial charge in [0.25, 0.3) is 5.91 Å². The van der Waals surface area contributed by atoms with Gasteiger partial charge in [0, 0.05) is 3.57 Å². The van der Waals surface area contributed by atoms with Gasteiger partial charge in [0.2, 0.25) is 0 Å². The molecule has 1 N–H and O–H groups in total. The van der Waals surface area contributed by atoms with Gasteiger partial charge in [-0.3, -0.25) is 4.79 Å². The first kappa shape index (κ1) is 19.2. The van der Waals surface area contributed by atoms with Crippen molar-refractivity contribution in [2.75, 3.05) is 13.2 Å². The normalized spacial score (nSPS) is 10.6. The van der Waals surface area contributed by atoms with E-state index in [2.05, 4.69) is 40.0 Å². The molecule has 2 aromatic carbocycles. The van der Waals surface area contributed by atoms with Crippen molar-refractivity contribution in [2.45, 2.75) is 19.8 Å². The van der Waals surface area contributed by atoms with Gasteiger partial charge in [0.1, 0.15) is 11.5 Å². The van der Waals surface area contributed by atoms with Crippen LogP contribution in [0.15, 0.2) is 53.6 Å². The van der Waals surface area contributed by atoms with Crippen LogP contribution in [0.4, 0.5) is 0 Å². The van der Waals surface area contributed by atoms with Gasteiger partial charge < -0.3 is 9.47 Å². The van der Waals surface area contributed by atoms with Crippen molar-refractivity contribution in [1.29, 1.82) is 0 Å². The predicted octanol–water partition coefficient (Wildman–Crippen LogP) is 4.00. The lowest BCUT2D eigenvalue weighted by molar-refractivity contribution is -0.123. The summed E-state index contributed by atoms with van der Waals surface area (Å²) in [5, 5.41) is 3.93. The number of amides is 1. The Morgan fingerprint density at radius 2 is 1.72 bits per heavy atom. The first-order valence-electron chi connectivity index (χ1n) is 8.10. The number of nitrogens with one attached hydrogen (secondary N) is 1. The van der Waals surface area contributed by atoms with Crippen LogP contribution in [0.3, 0.4) is 0 Å². The van der Waals surface area contributed by atoms with Gasteiger partial charge in [-0.15, -0.1) is 0 Å². The summed E-state index contributed by atoms with van der Waals surface area (Å²) in [7, 11) is 0. The van der Waals surface area contributed by atoms with Gasteiger partial charge in [-0.1, -0.05) is 13.3 Å². The summed E-state index contributed by atoms with van der Waals surface area (Å²) < 4.78 is 12.1. The molecular formula is C19H21IN2O3. The fraction of sp³-hybridized carbons (Fsp3) is 0.263. The number of hydrogen-bond acceptors (Lipinski definition) is 4. The lowest BCUT2D eigenvalue weighted by atomic mass is 10.2. The highest BCUT2D eigenvalue weighted by Crippen LogP contribution is 2.13. The molecule has 0 aromatic heterocycles. The highest BCUT2D eigenvalue weighted by molar-refractivity contribution is 14.1. The highest BCUT2D eigenvalue weighted by Gasteiger charge is 2.01. The van der Waals surface area contributed by atoms with E-state index < -0.39 is 0 Å². The molecule has 0 spiro atoms. The van der Waals surface area contributed by atoms with E-state index in [4.69, 9.17) is 9.47 Å². The van der Waals surface area contributed by atoms with Crippen molar-refractivity contribution >= 4 is 34.7 Å². The maximum Gasteiger partial charge on any atom is 0.277 e. The van der Waals surface area contributed by atoms with Crippen LogP contribution >= 0.6 is 22.6 Å². The third-order valence-corrected chi connectivity index (χ3v) is 3.95. The molecule has 0 radical (unpaired) electrons. The Kier molecular flexibility index (Phi) is 8.24. The molecule has 6 heteroatoms. The molecule has 1 amide bonds. The molecule has 0 unspecified atom stereocenters. The van der Waals surface area contributed by atoms with E-state index in [-0.39, 0.29) is 12.5 Å². The predicted molar refractivity (Wildman–Crippen MR) is 107 cm³/mol. The maximum absolute atomic E-state index is 11.7. The lowest BCUT2D eigenvalue weighted by Crippen LogP contribution is -2.24. The molecule has 0 fully saturated rings. The minimum Gasteiger partial charge on any atom is -0.494 e. The molecule has 0 bridgehead atoms. The van der Waals surface area contributed by atoms with E-state index in [1.165, 1.54) is 0 Å². The molecule has 25 heavy (non-hydrogen) atoms. The molecule has 0 saturated carbocycles. The third kappa shape index (κ3) is 7.55. The number of ether oxygens (including phenoxy) is 2. The Balaban J connectivity index is 1.72. The zero-order chi connectivity index (χ0) is 17.9. The fourth-order valence-corrected chi connectivity index (χ4v) is 2.23. The summed E-state index contributed by atoms with van der Waals surface area (Å²) in [4.78, 5) is 11.7. The number of hydrazone groups is 1. The molecular weight excluding hydrogens is 431 g/mol. The maximum atomic E-state index is 11.7. The minimum atomic E-state index is -0.311. The highest BCUT2D eigenvalue weighted by atomic mass is 127. The van der Waals surface area contributed by atoms with Crippen LogP contribution < -0.4 is 14.9 Å². The Hall–Kier alpha value is -2.09. The molecule has 0 atom stereocenters. The zero-order valence-electron chi connectivity index (χ0n) is 14.1. The van der Waals surface area contributed by atoms with E-state index in [0.717, 1.165) is 34.3 Å². The first-order valence-corrected chi connectivity index (χ1v) is 9.18. The molecule has 0 aliphatic rings. The minimum absolute atomic E-state index is 0.0812. The molecule has 0 heterocycles.